The van der Waals surface area contributed by atoms with Gasteiger partial charge in [-0.2, -0.15) is 4.98 Å². The molecule has 0 aliphatic rings. The molecule has 2 N–H and O–H groups in total. The van der Waals surface area contributed by atoms with Crippen molar-refractivity contribution in [3.63, 3.8) is 0 Å². The van der Waals surface area contributed by atoms with Gasteiger partial charge in [-0.05, 0) is 43.0 Å². The zero-order valence-corrected chi connectivity index (χ0v) is 14.4. The summed E-state index contributed by atoms with van der Waals surface area (Å²) >= 11 is 1.63. The predicted octanol–water partition coefficient (Wildman–Crippen LogP) is 4.77. The summed E-state index contributed by atoms with van der Waals surface area (Å²) in [7, 11) is 0. The first kappa shape index (κ1) is 15.6. The molecule has 1 aromatic heterocycles. The number of aryl methyl sites for hydroxylation is 3. The van der Waals surface area contributed by atoms with E-state index >= 15 is 0 Å². The lowest BCUT2D eigenvalue weighted by molar-refractivity contribution is 0.973. The molecule has 0 saturated carbocycles. The Labute approximate surface area is 140 Å². The van der Waals surface area contributed by atoms with Gasteiger partial charge in [-0.15, -0.1) is 5.10 Å². The fourth-order valence-corrected chi connectivity index (χ4v) is 3.29. The zero-order chi connectivity index (χ0) is 16.2. The van der Waals surface area contributed by atoms with Crippen LogP contribution in [0.15, 0.2) is 47.6 Å². The third kappa shape index (κ3) is 3.74. The van der Waals surface area contributed by atoms with Crippen molar-refractivity contribution in [2.75, 3.05) is 5.32 Å². The summed E-state index contributed by atoms with van der Waals surface area (Å²) in [4.78, 5) is 4.52. The van der Waals surface area contributed by atoms with Gasteiger partial charge in [-0.25, -0.2) is 5.10 Å². The van der Waals surface area contributed by atoms with Crippen molar-refractivity contribution in [2.24, 2.45) is 0 Å². The van der Waals surface area contributed by atoms with Gasteiger partial charge in [-0.3, -0.25) is 0 Å². The second kappa shape index (κ2) is 6.87. The summed E-state index contributed by atoms with van der Waals surface area (Å²) in [5.41, 5.74) is 6.07. The minimum absolute atomic E-state index is 0.676. The minimum Gasteiger partial charge on any atom is -0.324 e. The van der Waals surface area contributed by atoms with E-state index < -0.39 is 0 Å². The van der Waals surface area contributed by atoms with Crippen molar-refractivity contribution in [3.8, 4) is 0 Å². The SMILES string of the molecule is Cc1ccccc1CSc1n[nH]c(Nc2c(C)cccc2C)n1. The Kier molecular flexibility index (Phi) is 4.67. The molecule has 0 radical (unpaired) electrons. The number of aromatic amines is 1. The summed E-state index contributed by atoms with van der Waals surface area (Å²) in [6.07, 6.45) is 0. The highest BCUT2D eigenvalue weighted by Crippen LogP contribution is 2.25. The lowest BCUT2D eigenvalue weighted by atomic mass is 10.1. The Hall–Kier alpha value is -2.27. The van der Waals surface area contributed by atoms with Crippen molar-refractivity contribution in [2.45, 2.75) is 31.7 Å². The Bertz CT molecular complexity index is 790. The molecule has 0 aliphatic heterocycles. The van der Waals surface area contributed by atoms with Crippen molar-refractivity contribution < 1.29 is 0 Å². The molecule has 0 amide bonds. The van der Waals surface area contributed by atoms with Crippen LogP contribution in [0.2, 0.25) is 0 Å². The Morgan fingerprint density at radius 1 is 0.957 bits per heavy atom. The van der Waals surface area contributed by atoms with Crippen LogP contribution in [0, 0.1) is 20.8 Å². The first-order valence-electron chi connectivity index (χ1n) is 7.56. The highest BCUT2D eigenvalue weighted by Gasteiger charge is 2.08. The average molecular weight is 324 g/mol. The van der Waals surface area contributed by atoms with E-state index in [1.807, 2.05) is 0 Å². The number of rotatable bonds is 5. The van der Waals surface area contributed by atoms with Crippen LogP contribution < -0.4 is 5.32 Å². The molecule has 1 heterocycles. The third-order valence-electron chi connectivity index (χ3n) is 3.81. The quantitative estimate of drug-likeness (QED) is 0.664. The molecule has 0 bridgehead atoms. The average Bonchev–Trinajstić information content (AvgIpc) is 2.98. The molecule has 2 aromatic carbocycles. The molecule has 23 heavy (non-hydrogen) atoms. The molecule has 0 saturated heterocycles. The van der Waals surface area contributed by atoms with Crippen molar-refractivity contribution in [1.29, 1.82) is 0 Å². The van der Waals surface area contributed by atoms with Crippen LogP contribution in [0.25, 0.3) is 0 Å². The van der Waals surface area contributed by atoms with E-state index in [4.69, 9.17) is 0 Å². The monoisotopic (exact) mass is 324 g/mol. The summed E-state index contributed by atoms with van der Waals surface area (Å²) < 4.78 is 0. The number of thioether (sulfide) groups is 1. The topological polar surface area (TPSA) is 53.6 Å². The number of hydrogen-bond donors (Lipinski definition) is 2. The fourth-order valence-electron chi connectivity index (χ4n) is 2.41. The van der Waals surface area contributed by atoms with Gasteiger partial charge >= 0.3 is 0 Å². The number of aromatic nitrogens is 3. The molecule has 118 valence electrons. The van der Waals surface area contributed by atoms with Crippen LogP contribution in [0.1, 0.15) is 22.3 Å². The smallest absolute Gasteiger partial charge is 0.224 e. The summed E-state index contributed by atoms with van der Waals surface area (Å²) in [6, 6.07) is 14.6. The van der Waals surface area contributed by atoms with Gasteiger partial charge < -0.3 is 5.32 Å². The fraction of sp³-hybridized carbons (Fsp3) is 0.222. The Morgan fingerprint density at radius 3 is 2.39 bits per heavy atom. The van der Waals surface area contributed by atoms with Crippen LogP contribution in [0.5, 0.6) is 0 Å². The van der Waals surface area contributed by atoms with Gasteiger partial charge in [0.1, 0.15) is 0 Å². The lowest BCUT2D eigenvalue weighted by Crippen LogP contribution is -1.97. The van der Waals surface area contributed by atoms with Gasteiger partial charge in [0, 0.05) is 11.4 Å². The van der Waals surface area contributed by atoms with Crippen LogP contribution in [-0.2, 0) is 5.75 Å². The van der Waals surface area contributed by atoms with Crippen molar-refractivity contribution in [3.05, 3.63) is 64.7 Å². The first-order chi connectivity index (χ1) is 11.1. The van der Waals surface area contributed by atoms with E-state index in [9.17, 15) is 0 Å². The molecule has 0 fully saturated rings. The highest BCUT2D eigenvalue weighted by molar-refractivity contribution is 7.98. The van der Waals surface area contributed by atoms with E-state index in [2.05, 4.69) is 83.7 Å². The maximum atomic E-state index is 4.52. The van der Waals surface area contributed by atoms with E-state index in [1.165, 1.54) is 22.3 Å². The summed E-state index contributed by atoms with van der Waals surface area (Å²) in [5, 5.41) is 11.3. The van der Waals surface area contributed by atoms with Crippen LogP contribution in [0.4, 0.5) is 11.6 Å². The molecule has 0 unspecified atom stereocenters. The van der Waals surface area contributed by atoms with E-state index in [1.54, 1.807) is 11.8 Å². The number of hydrogen-bond acceptors (Lipinski definition) is 4. The summed E-state index contributed by atoms with van der Waals surface area (Å²) in [6.45, 7) is 6.29. The molecule has 3 aromatic rings. The minimum atomic E-state index is 0.676. The highest BCUT2D eigenvalue weighted by atomic mass is 32.2. The van der Waals surface area contributed by atoms with Crippen molar-refractivity contribution in [1.82, 2.24) is 15.2 Å². The summed E-state index contributed by atoms with van der Waals surface area (Å²) in [5.74, 6) is 1.54. The normalized spacial score (nSPS) is 10.7. The number of H-pyrrole nitrogens is 1. The number of benzene rings is 2. The molecular formula is C18H20N4S. The number of nitrogens with zero attached hydrogens (tertiary/aromatic N) is 2. The maximum absolute atomic E-state index is 4.52. The molecular weight excluding hydrogens is 304 g/mol. The molecule has 0 spiro atoms. The van der Waals surface area contributed by atoms with Crippen LogP contribution >= 0.6 is 11.8 Å². The van der Waals surface area contributed by atoms with Crippen LogP contribution in [-0.4, -0.2) is 15.2 Å². The third-order valence-corrected chi connectivity index (χ3v) is 4.70. The van der Waals surface area contributed by atoms with E-state index in [-0.39, 0.29) is 0 Å². The standard InChI is InChI=1S/C18H20N4S/c1-12-7-4-5-10-15(12)11-23-18-20-17(21-22-18)19-16-13(2)8-6-9-14(16)3/h4-10H,11H2,1-3H3,(H2,19,20,21,22). The zero-order valence-electron chi connectivity index (χ0n) is 13.6. The molecule has 3 rings (SSSR count). The first-order valence-corrected chi connectivity index (χ1v) is 8.55. The van der Waals surface area contributed by atoms with E-state index in [0.717, 1.165) is 16.6 Å². The van der Waals surface area contributed by atoms with Crippen LogP contribution in [0.3, 0.4) is 0 Å². The second-order valence-electron chi connectivity index (χ2n) is 5.57. The lowest BCUT2D eigenvalue weighted by Gasteiger charge is -2.09. The number of nitrogens with one attached hydrogen (secondary N) is 2. The van der Waals surface area contributed by atoms with Gasteiger partial charge in [-0.1, -0.05) is 54.2 Å². The van der Waals surface area contributed by atoms with E-state index in [0.29, 0.717) is 5.95 Å². The molecule has 5 heteroatoms. The van der Waals surface area contributed by atoms with Gasteiger partial charge in [0.25, 0.3) is 0 Å². The number of para-hydroxylation sites is 1. The predicted molar refractivity (Wildman–Crippen MR) is 96.3 cm³/mol. The van der Waals surface area contributed by atoms with Crippen molar-refractivity contribution >= 4 is 23.4 Å². The second-order valence-corrected chi connectivity index (χ2v) is 6.52. The Balaban J connectivity index is 1.68. The van der Waals surface area contributed by atoms with Gasteiger partial charge in [0.05, 0.1) is 0 Å². The molecule has 4 nitrogen and oxygen atoms in total. The Morgan fingerprint density at radius 2 is 1.65 bits per heavy atom. The van der Waals surface area contributed by atoms with Gasteiger partial charge in [0.2, 0.25) is 11.1 Å². The maximum Gasteiger partial charge on any atom is 0.224 e. The molecule has 0 atom stereocenters. The largest absolute Gasteiger partial charge is 0.324 e. The number of anilines is 2. The van der Waals surface area contributed by atoms with Gasteiger partial charge in [0.15, 0.2) is 0 Å². The molecule has 0 aliphatic carbocycles.